The number of aliphatic hydroxyl groups is 2. The molecule has 0 aliphatic heterocycles. The largest absolute Gasteiger partial charge is 0.464 e. The van der Waals surface area contributed by atoms with Crippen molar-refractivity contribution in [2.24, 2.45) is 0 Å². The fraction of sp³-hybridized carbons (Fsp3) is 0.455. The minimum absolute atomic E-state index is 0.161. The molecule has 0 aromatic carbocycles. The molecule has 0 fully saturated rings. The van der Waals surface area contributed by atoms with Crippen LogP contribution in [0.5, 0.6) is 0 Å². The Labute approximate surface area is 93.7 Å². The SMILES string of the molecule is CCOC(=O)C(O)C(O)c1cccnc1C. The number of aryl methyl sites for hydroxylation is 1. The topological polar surface area (TPSA) is 79.7 Å². The summed E-state index contributed by atoms with van der Waals surface area (Å²) in [7, 11) is 0. The second-order valence-electron chi connectivity index (χ2n) is 3.32. The number of carbonyl (C=O) groups is 1. The highest BCUT2D eigenvalue weighted by Crippen LogP contribution is 2.19. The van der Waals surface area contributed by atoms with E-state index in [9.17, 15) is 15.0 Å². The summed E-state index contributed by atoms with van der Waals surface area (Å²) in [5.74, 6) is -0.835. The lowest BCUT2D eigenvalue weighted by molar-refractivity contribution is -0.159. The lowest BCUT2D eigenvalue weighted by atomic mass is 10.0. The third-order valence-corrected chi connectivity index (χ3v) is 2.19. The Morgan fingerprint density at radius 3 is 2.81 bits per heavy atom. The van der Waals surface area contributed by atoms with Gasteiger partial charge >= 0.3 is 5.97 Å². The van der Waals surface area contributed by atoms with Crippen LogP contribution in [0.25, 0.3) is 0 Å². The number of ether oxygens (including phenoxy) is 1. The molecule has 1 rings (SSSR count). The quantitative estimate of drug-likeness (QED) is 0.723. The Hall–Kier alpha value is -1.46. The van der Waals surface area contributed by atoms with E-state index in [0.29, 0.717) is 11.3 Å². The molecular formula is C11H15NO4. The van der Waals surface area contributed by atoms with Crippen LogP contribution in [0.1, 0.15) is 24.3 Å². The first-order chi connectivity index (χ1) is 7.57. The molecule has 2 unspecified atom stereocenters. The van der Waals surface area contributed by atoms with Crippen LogP contribution in [0.3, 0.4) is 0 Å². The van der Waals surface area contributed by atoms with Crippen LogP contribution in [0, 0.1) is 6.92 Å². The zero-order chi connectivity index (χ0) is 12.1. The number of hydrogen-bond acceptors (Lipinski definition) is 5. The van der Waals surface area contributed by atoms with Gasteiger partial charge in [0.2, 0.25) is 0 Å². The number of carbonyl (C=O) groups excluding carboxylic acids is 1. The zero-order valence-corrected chi connectivity index (χ0v) is 9.25. The van der Waals surface area contributed by atoms with Gasteiger partial charge in [-0.25, -0.2) is 4.79 Å². The van der Waals surface area contributed by atoms with E-state index in [1.807, 2.05) is 0 Å². The Kier molecular flexibility index (Phi) is 4.39. The second kappa shape index (κ2) is 5.58. The second-order valence-corrected chi connectivity index (χ2v) is 3.32. The minimum Gasteiger partial charge on any atom is -0.464 e. The van der Waals surface area contributed by atoms with E-state index >= 15 is 0 Å². The molecule has 0 aliphatic rings. The highest BCUT2D eigenvalue weighted by Gasteiger charge is 2.27. The van der Waals surface area contributed by atoms with Gasteiger partial charge in [0.1, 0.15) is 6.10 Å². The van der Waals surface area contributed by atoms with Crippen LogP contribution in [0.15, 0.2) is 18.3 Å². The van der Waals surface area contributed by atoms with Crippen molar-refractivity contribution in [2.75, 3.05) is 6.61 Å². The molecule has 0 radical (unpaired) electrons. The average Bonchev–Trinajstić information content (AvgIpc) is 2.28. The molecule has 0 spiro atoms. The van der Waals surface area contributed by atoms with Gasteiger partial charge in [-0.1, -0.05) is 6.07 Å². The molecule has 16 heavy (non-hydrogen) atoms. The molecule has 2 atom stereocenters. The van der Waals surface area contributed by atoms with Gasteiger partial charge in [-0.2, -0.15) is 0 Å². The van der Waals surface area contributed by atoms with Crippen LogP contribution in [0.2, 0.25) is 0 Å². The van der Waals surface area contributed by atoms with Crippen molar-refractivity contribution >= 4 is 5.97 Å². The summed E-state index contributed by atoms with van der Waals surface area (Å²) in [6.07, 6.45) is -1.32. The molecule has 0 bridgehead atoms. The number of hydrogen-bond donors (Lipinski definition) is 2. The molecule has 0 aliphatic carbocycles. The van der Waals surface area contributed by atoms with Crippen LogP contribution in [-0.2, 0) is 9.53 Å². The molecule has 88 valence electrons. The van der Waals surface area contributed by atoms with E-state index in [0.717, 1.165) is 0 Å². The van der Waals surface area contributed by atoms with E-state index < -0.39 is 18.2 Å². The molecule has 0 saturated heterocycles. The van der Waals surface area contributed by atoms with Crippen molar-refractivity contribution in [2.45, 2.75) is 26.1 Å². The van der Waals surface area contributed by atoms with Crippen LogP contribution < -0.4 is 0 Å². The summed E-state index contributed by atoms with van der Waals surface area (Å²) in [5, 5.41) is 19.3. The fourth-order valence-corrected chi connectivity index (χ4v) is 1.34. The first-order valence-corrected chi connectivity index (χ1v) is 5.02. The van der Waals surface area contributed by atoms with Gasteiger partial charge in [-0.15, -0.1) is 0 Å². The average molecular weight is 225 g/mol. The standard InChI is InChI=1S/C11H15NO4/c1-3-16-11(15)10(14)9(13)8-5-4-6-12-7(8)2/h4-6,9-10,13-14H,3H2,1-2H3. The predicted molar refractivity (Wildman–Crippen MR) is 56.6 cm³/mol. The Morgan fingerprint density at radius 1 is 1.56 bits per heavy atom. The van der Waals surface area contributed by atoms with Gasteiger partial charge in [0.25, 0.3) is 0 Å². The molecule has 0 saturated carbocycles. The van der Waals surface area contributed by atoms with Crippen LogP contribution >= 0.6 is 0 Å². The van der Waals surface area contributed by atoms with E-state index in [1.165, 1.54) is 0 Å². The molecular weight excluding hydrogens is 210 g/mol. The lowest BCUT2D eigenvalue weighted by Crippen LogP contribution is -2.30. The summed E-state index contributed by atoms with van der Waals surface area (Å²) in [6.45, 7) is 3.48. The highest BCUT2D eigenvalue weighted by molar-refractivity contribution is 5.75. The smallest absolute Gasteiger partial charge is 0.338 e. The zero-order valence-electron chi connectivity index (χ0n) is 9.25. The van der Waals surface area contributed by atoms with Gasteiger partial charge in [0.15, 0.2) is 6.10 Å². The maximum absolute atomic E-state index is 11.2. The predicted octanol–water partition coefficient (Wildman–Crippen LogP) is 0.347. The molecule has 2 N–H and O–H groups in total. The van der Waals surface area contributed by atoms with E-state index in [2.05, 4.69) is 9.72 Å². The number of esters is 1. The van der Waals surface area contributed by atoms with Crippen molar-refractivity contribution in [3.8, 4) is 0 Å². The van der Waals surface area contributed by atoms with E-state index in [1.54, 1.807) is 32.2 Å². The Bertz CT molecular complexity index is 367. The van der Waals surface area contributed by atoms with Gasteiger partial charge in [-0.05, 0) is 19.9 Å². The van der Waals surface area contributed by atoms with Crippen molar-refractivity contribution < 1.29 is 19.7 Å². The molecule has 1 heterocycles. The number of rotatable bonds is 4. The fourth-order valence-electron chi connectivity index (χ4n) is 1.34. The molecule has 5 nitrogen and oxygen atoms in total. The molecule has 5 heteroatoms. The van der Waals surface area contributed by atoms with Crippen LogP contribution in [-0.4, -0.2) is 33.9 Å². The number of aliphatic hydroxyl groups excluding tert-OH is 2. The molecule has 0 amide bonds. The van der Waals surface area contributed by atoms with Crippen molar-refractivity contribution in [3.05, 3.63) is 29.6 Å². The van der Waals surface area contributed by atoms with E-state index in [-0.39, 0.29) is 6.61 Å². The van der Waals surface area contributed by atoms with Crippen LogP contribution in [0.4, 0.5) is 0 Å². The minimum atomic E-state index is -1.58. The Morgan fingerprint density at radius 2 is 2.25 bits per heavy atom. The molecule has 1 aromatic heterocycles. The third kappa shape index (κ3) is 2.77. The summed E-state index contributed by atoms with van der Waals surface area (Å²) in [5.41, 5.74) is 0.987. The van der Waals surface area contributed by atoms with E-state index in [4.69, 9.17) is 0 Å². The first-order valence-electron chi connectivity index (χ1n) is 5.02. The third-order valence-electron chi connectivity index (χ3n) is 2.19. The summed E-state index contributed by atoms with van der Waals surface area (Å²) >= 11 is 0. The van der Waals surface area contributed by atoms with Gasteiger partial charge in [0, 0.05) is 17.5 Å². The normalized spacial score (nSPS) is 14.2. The molecule has 1 aromatic rings. The van der Waals surface area contributed by atoms with Gasteiger partial charge in [0.05, 0.1) is 6.61 Å². The van der Waals surface area contributed by atoms with Crippen molar-refractivity contribution in [1.82, 2.24) is 4.98 Å². The summed E-state index contributed by atoms with van der Waals surface area (Å²) in [4.78, 5) is 15.2. The number of aromatic nitrogens is 1. The maximum Gasteiger partial charge on any atom is 0.338 e. The maximum atomic E-state index is 11.2. The summed E-state index contributed by atoms with van der Waals surface area (Å²) < 4.78 is 4.62. The highest BCUT2D eigenvalue weighted by atomic mass is 16.5. The van der Waals surface area contributed by atoms with Crippen molar-refractivity contribution in [1.29, 1.82) is 0 Å². The van der Waals surface area contributed by atoms with Gasteiger partial charge in [-0.3, -0.25) is 4.98 Å². The first kappa shape index (κ1) is 12.6. The number of nitrogens with zero attached hydrogens (tertiary/aromatic N) is 1. The van der Waals surface area contributed by atoms with Crippen molar-refractivity contribution in [3.63, 3.8) is 0 Å². The Balaban J connectivity index is 2.82. The van der Waals surface area contributed by atoms with Gasteiger partial charge < -0.3 is 14.9 Å². The lowest BCUT2D eigenvalue weighted by Gasteiger charge is -2.17. The summed E-state index contributed by atoms with van der Waals surface area (Å²) in [6, 6.07) is 3.23. The number of pyridine rings is 1. The monoisotopic (exact) mass is 225 g/mol.